The Morgan fingerprint density at radius 1 is 1.32 bits per heavy atom. The molecule has 1 atom stereocenters. The molecule has 0 aliphatic carbocycles. The largest absolute Gasteiger partial charge is 0.481 e. The molecule has 2 aromatic rings. The first kappa shape index (κ1) is 13.6. The molecule has 0 saturated carbocycles. The van der Waals surface area contributed by atoms with Crippen molar-refractivity contribution >= 4 is 17.6 Å². The molecule has 3 nitrogen and oxygen atoms in total. The maximum absolute atomic E-state index is 11.5. The molecule has 2 rings (SSSR count). The van der Waals surface area contributed by atoms with Crippen molar-refractivity contribution in [3.05, 3.63) is 64.4 Å². The van der Waals surface area contributed by atoms with Gasteiger partial charge in [-0.25, -0.2) is 0 Å². The van der Waals surface area contributed by atoms with Crippen molar-refractivity contribution in [2.24, 2.45) is 0 Å². The molecule has 0 aliphatic heterocycles. The van der Waals surface area contributed by atoms with Crippen LogP contribution in [0.2, 0.25) is 5.02 Å². The zero-order valence-electron chi connectivity index (χ0n) is 10.5. The number of aryl methyl sites for hydroxylation is 1. The van der Waals surface area contributed by atoms with E-state index in [0.29, 0.717) is 17.1 Å². The molecule has 98 valence electrons. The SMILES string of the molecule is Cc1cccnc1C(Cc1ccccc1Cl)C(=O)O. The van der Waals surface area contributed by atoms with Crippen LogP contribution in [-0.4, -0.2) is 16.1 Å². The van der Waals surface area contributed by atoms with Gasteiger partial charge in [-0.1, -0.05) is 35.9 Å². The van der Waals surface area contributed by atoms with Gasteiger partial charge in [-0.2, -0.15) is 0 Å². The van der Waals surface area contributed by atoms with Crippen LogP contribution in [0.25, 0.3) is 0 Å². The first-order chi connectivity index (χ1) is 9.09. The van der Waals surface area contributed by atoms with Crippen molar-refractivity contribution in [1.29, 1.82) is 0 Å². The molecule has 1 aromatic carbocycles. The maximum Gasteiger partial charge on any atom is 0.312 e. The number of benzene rings is 1. The molecular weight excluding hydrogens is 262 g/mol. The highest BCUT2D eigenvalue weighted by atomic mass is 35.5. The van der Waals surface area contributed by atoms with E-state index in [4.69, 9.17) is 11.6 Å². The Labute approximate surface area is 116 Å². The van der Waals surface area contributed by atoms with Crippen LogP contribution in [-0.2, 0) is 11.2 Å². The van der Waals surface area contributed by atoms with E-state index in [0.717, 1.165) is 11.1 Å². The summed E-state index contributed by atoms with van der Waals surface area (Å²) < 4.78 is 0. The van der Waals surface area contributed by atoms with Gasteiger partial charge in [0.2, 0.25) is 0 Å². The number of nitrogens with zero attached hydrogens (tertiary/aromatic N) is 1. The smallest absolute Gasteiger partial charge is 0.312 e. The molecule has 0 aliphatic rings. The summed E-state index contributed by atoms with van der Waals surface area (Å²) in [5.74, 6) is -1.57. The summed E-state index contributed by atoms with van der Waals surface area (Å²) >= 11 is 6.09. The van der Waals surface area contributed by atoms with E-state index in [1.807, 2.05) is 31.2 Å². The van der Waals surface area contributed by atoms with E-state index in [1.165, 1.54) is 0 Å². The van der Waals surface area contributed by atoms with Gasteiger partial charge in [0.05, 0.1) is 5.69 Å². The Morgan fingerprint density at radius 3 is 2.68 bits per heavy atom. The van der Waals surface area contributed by atoms with Crippen molar-refractivity contribution in [3.63, 3.8) is 0 Å². The molecule has 4 heteroatoms. The van der Waals surface area contributed by atoms with E-state index >= 15 is 0 Å². The summed E-state index contributed by atoms with van der Waals surface area (Å²) in [6.45, 7) is 1.87. The third kappa shape index (κ3) is 3.12. The lowest BCUT2D eigenvalue weighted by atomic mass is 9.93. The number of aliphatic carboxylic acids is 1. The highest BCUT2D eigenvalue weighted by Gasteiger charge is 2.24. The number of carboxylic acids is 1. The van der Waals surface area contributed by atoms with Crippen LogP contribution < -0.4 is 0 Å². The second-order valence-corrected chi connectivity index (χ2v) is 4.80. The summed E-state index contributed by atoms with van der Waals surface area (Å²) in [4.78, 5) is 15.7. The van der Waals surface area contributed by atoms with Crippen LogP contribution in [0.15, 0.2) is 42.6 Å². The summed E-state index contributed by atoms with van der Waals surface area (Å²) in [5, 5.41) is 10.0. The van der Waals surface area contributed by atoms with Gasteiger partial charge in [-0.05, 0) is 36.6 Å². The molecule has 0 fully saturated rings. The third-order valence-corrected chi connectivity index (χ3v) is 3.43. The molecule has 1 heterocycles. The second kappa shape index (κ2) is 5.85. The number of halogens is 1. The summed E-state index contributed by atoms with van der Waals surface area (Å²) in [7, 11) is 0. The van der Waals surface area contributed by atoms with Crippen LogP contribution in [0.5, 0.6) is 0 Å². The molecule has 0 amide bonds. The fraction of sp³-hybridized carbons (Fsp3) is 0.200. The number of rotatable bonds is 4. The van der Waals surface area contributed by atoms with Crippen molar-refractivity contribution in [1.82, 2.24) is 4.98 Å². The van der Waals surface area contributed by atoms with E-state index < -0.39 is 11.9 Å². The van der Waals surface area contributed by atoms with Gasteiger partial charge in [0.25, 0.3) is 0 Å². The maximum atomic E-state index is 11.5. The third-order valence-electron chi connectivity index (χ3n) is 3.06. The van der Waals surface area contributed by atoms with Crippen molar-refractivity contribution < 1.29 is 9.90 Å². The number of hydrogen-bond acceptors (Lipinski definition) is 2. The van der Waals surface area contributed by atoms with Gasteiger partial charge in [0.15, 0.2) is 0 Å². The van der Waals surface area contributed by atoms with Crippen molar-refractivity contribution in [2.45, 2.75) is 19.3 Å². The average molecular weight is 276 g/mol. The minimum absolute atomic E-state index is 0.340. The highest BCUT2D eigenvalue weighted by Crippen LogP contribution is 2.26. The first-order valence-electron chi connectivity index (χ1n) is 5.97. The number of carbonyl (C=O) groups is 1. The molecule has 1 unspecified atom stereocenters. The van der Waals surface area contributed by atoms with Crippen LogP contribution in [0.3, 0.4) is 0 Å². The van der Waals surface area contributed by atoms with Gasteiger partial charge < -0.3 is 5.11 Å². The molecule has 0 spiro atoms. The lowest BCUT2D eigenvalue weighted by Gasteiger charge is -2.14. The van der Waals surface area contributed by atoms with E-state index in [-0.39, 0.29) is 0 Å². The quantitative estimate of drug-likeness (QED) is 0.930. The number of hydrogen-bond donors (Lipinski definition) is 1. The minimum atomic E-state index is -0.887. The Morgan fingerprint density at radius 2 is 2.05 bits per heavy atom. The standard InChI is InChI=1S/C15H14ClNO2/c1-10-5-4-8-17-14(10)12(15(18)19)9-11-6-2-3-7-13(11)16/h2-8,12H,9H2,1H3,(H,18,19). The second-order valence-electron chi connectivity index (χ2n) is 4.39. The van der Waals surface area contributed by atoms with Gasteiger partial charge in [-0.3, -0.25) is 9.78 Å². The molecule has 0 saturated heterocycles. The highest BCUT2D eigenvalue weighted by molar-refractivity contribution is 6.31. The number of pyridine rings is 1. The molecule has 1 N–H and O–H groups in total. The molecule has 0 bridgehead atoms. The van der Waals surface area contributed by atoms with Crippen LogP contribution in [0.4, 0.5) is 0 Å². The lowest BCUT2D eigenvalue weighted by molar-refractivity contribution is -0.138. The van der Waals surface area contributed by atoms with Crippen LogP contribution in [0.1, 0.15) is 22.7 Å². The van der Waals surface area contributed by atoms with Gasteiger partial charge >= 0.3 is 5.97 Å². The topological polar surface area (TPSA) is 50.2 Å². The summed E-state index contributed by atoms with van der Waals surface area (Å²) in [6.07, 6.45) is 1.96. The van der Waals surface area contributed by atoms with E-state index in [1.54, 1.807) is 18.3 Å². The normalized spacial score (nSPS) is 12.1. The molecule has 0 radical (unpaired) electrons. The van der Waals surface area contributed by atoms with Crippen molar-refractivity contribution in [2.75, 3.05) is 0 Å². The van der Waals surface area contributed by atoms with Crippen LogP contribution in [0, 0.1) is 6.92 Å². The van der Waals surface area contributed by atoms with Crippen LogP contribution >= 0.6 is 11.6 Å². The Hall–Kier alpha value is -1.87. The Bertz CT molecular complexity index is 598. The summed E-state index contributed by atoms with van der Waals surface area (Å²) in [5.41, 5.74) is 2.29. The van der Waals surface area contributed by atoms with Gasteiger partial charge in [0, 0.05) is 11.2 Å². The molecular formula is C15H14ClNO2. The van der Waals surface area contributed by atoms with Crippen molar-refractivity contribution in [3.8, 4) is 0 Å². The van der Waals surface area contributed by atoms with E-state index in [2.05, 4.69) is 4.98 Å². The molecule has 1 aromatic heterocycles. The predicted molar refractivity (Wildman–Crippen MR) is 74.5 cm³/mol. The zero-order valence-corrected chi connectivity index (χ0v) is 11.3. The fourth-order valence-electron chi connectivity index (χ4n) is 2.05. The first-order valence-corrected chi connectivity index (χ1v) is 6.35. The lowest BCUT2D eigenvalue weighted by Crippen LogP contribution is -2.17. The Kier molecular flexibility index (Phi) is 4.17. The predicted octanol–water partition coefficient (Wildman–Crippen LogP) is 3.45. The fourth-order valence-corrected chi connectivity index (χ4v) is 2.26. The minimum Gasteiger partial charge on any atom is -0.481 e. The number of carboxylic acid groups (broad SMARTS) is 1. The number of aromatic nitrogens is 1. The van der Waals surface area contributed by atoms with Gasteiger partial charge in [0.1, 0.15) is 5.92 Å². The zero-order chi connectivity index (χ0) is 13.8. The van der Waals surface area contributed by atoms with Gasteiger partial charge in [-0.15, -0.1) is 0 Å². The summed E-state index contributed by atoms with van der Waals surface area (Å²) in [6, 6.07) is 11.0. The Balaban J connectivity index is 2.35. The monoisotopic (exact) mass is 275 g/mol. The molecule has 19 heavy (non-hydrogen) atoms. The average Bonchev–Trinajstić information content (AvgIpc) is 2.38. The van der Waals surface area contributed by atoms with E-state index in [9.17, 15) is 9.90 Å².